The quantitative estimate of drug-likeness (QED) is 0.917. The van der Waals surface area contributed by atoms with Gasteiger partial charge in [0.2, 0.25) is 11.9 Å². The van der Waals surface area contributed by atoms with Gasteiger partial charge in [-0.1, -0.05) is 25.1 Å². The summed E-state index contributed by atoms with van der Waals surface area (Å²) in [4.78, 5) is 24.4. The molecule has 0 aliphatic heterocycles. The van der Waals surface area contributed by atoms with Gasteiger partial charge in [-0.2, -0.15) is 0 Å². The van der Waals surface area contributed by atoms with Crippen LogP contribution in [0.15, 0.2) is 35.1 Å². The first-order chi connectivity index (χ1) is 10.6. The maximum atomic E-state index is 12.2. The molecule has 22 heavy (non-hydrogen) atoms. The van der Waals surface area contributed by atoms with Crippen LogP contribution in [-0.4, -0.2) is 20.3 Å². The van der Waals surface area contributed by atoms with Gasteiger partial charge < -0.3 is 0 Å². The van der Waals surface area contributed by atoms with Crippen LogP contribution in [0.3, 0.4) is 0 Å². The summed E-state index contributed by atoms with van der Waals surface area (Å²) in [6.07, 6.45) is 2.89. The highest BCUT2D eigenvalue weighted by Gasteiger charge is 2.29. The minimum absolute atomic E-state index is 0.0952. The van der Waals surface area contributed by atoms with Gasteiger partial charge in [-0.05, 0) is 36.8 Å². The zero-order valence-electron chi connectivity index (χ0n) is 12.8. The van der Waals surface area contributed by atoms with E-state index in [0.717, 1.165) is 0 Å². The van der Waals surface area contributed by atoms with Gasteiger partial charge in [-0.15, -0.1) is 5.10 Å². The summed E-state index contributed by atoms with van der Waals surface area (Å²) in [6, 6.07) is 9.18. The number of para-hydroxylation sites is 1. The molecule has 1 aliphatic carbocycles. The van der Waals surface area contributed by atoms with Gasteiger partial charge in [0.25, 0.3) is 0 Å². The van der Waals surface area contributed by atoms with Crippen molar-refractivity contribution in [2.75, 3.05) is 5.32 Å². The number of nitrogens with zero attached hydrogens (tertiary/aromatic N) is 3. The van der Waals surface area contributed by atoms with Crippen molar-refractivity contribution in [3.63, 3.8) is 0 Å². The molecular formula is C16H20N4O2. The topological polar surface area (TPSA) is 68.9 Å². The number of nitrogens with one attached hydrogen (secondary N) is 1. The lowest BCUT2D eigenvalue weighted by atomic mass is 10.0. The molecule has 1 fully saturated rings. The van der Waals surface area contributed by atoms with Crippen LogP contribution in [0.4, 0.5) is 5.95 Å². The molecule has 6 nitrogen and oxygen atoms in total. The van der Waals surface area contributed by atoms with E-state index in [9.17, 15) is 9.59 Å². The van der Waals surface area contributed by atoms with Crippen LogP contribution < -0.4 is 11.0 Å². The lowest BCUT2D eigenvalue weighted by Crippen LogP contribution is -2.23. The summed E-state index contributed by atoms with van der Waals surface area (Å²) in [5.41, 5.74) is 0.405. The van der Waals surface area contributed by atoms with Crippen molar-refractivity contribution in [1.82, 2.24) is 14.3 Å². The SMILES string of the molecule is CC(CC(=O)Nc1nn(C)c(=O)n1-c1ccccc1)C1CC1. The predicted molar refractivity (Wildman–Crippen MR) is 83.9 cm³/mol. The molecule has 1 aromatic heterocycles. The number of carbonyl (C=O) groups is 1. The Labute approximate surface area is 128 Å². The Bertz CT molecular complexity index is 728. The Morgan fingerprint density at radius 1 is 1.36 bits per heavy atom. The van der Waals surface area contributed by atoms with Gasteiger partial charge in [-0.25, -0.2) is 14.0 Å². The van der Waals surface area contributed by atoms with E-state index in [2.05, 4.69) is 17.3 Å². The van der Waals surface area contributed by atoms with Crippen LogP contribution in [-0.2, 0) is 11.8 Å². The number of hydrogen-bond acceptors (Lipinski definition) is 3. The monoisotopic (exact) mass is 300 g/mol. The minimum atomic E-state index is -0.281. The minimum Gasteiger partial charge on any atom is -0.294 e. The third-order valence-corrected chi connectivity index (χ3v) is 4.12. The van der Waals surface area contributed by atoms with Crippen LogP contribution in [0, 0.1) is 11.8 Å². The second kappa shape index (κ2) is 5.79. The molecule has 0 saturated heterocycles. The van der Waals surface area contributed by atoms with E-state index in [0.29, 0.717) is 23.9 Å². The Balaban J connectivity index is 1.83. The fourth-order valence-electron chi connectivity index (χ4n) is 2.66. The maximum Gasteiger partial charge on any atom is 0.351 e. The largest absolute Gasteiger partial charge is 0.351 e. The third-order valence-electron chi connectivity index (χ3n) is 4.12. The van der Waals surface area contributed by atoms with Crippen LogP contribution in [0.1, 0.15) is 26.2 Å². The van der Waals surface area contributed by atoms with E-state index in [4.69, 9.17) is 0 Å². The smallest absolute Gasteiger partial charge is 0.294 e. The number of rotatable bonds is 5. The summed E-state index contributed by atoms with van der Waals surface area (Å²) < 4.78 is 2.65. The second-order valence-electron chi connectivity index (χ2n) is 5.97. The van der Waals surface area contributed by atoms with E-state index in [1.165, 1.54) is 22.1 Å². The van der Waals surface area contributed by atoms with Crippen molar-refractivity contribution < 1.29 is 4.79 Å². The molecule has 1 aliphatic rings. The van der Waals surface area contributed by atoms with E-state index in [-0.39, 0.29) is 17.5 Å². The number of hydrogen-bond donors (Lipinski definition) is 1. The number of benzene rings is 1. The molecule has 1 heterocycles. The van der Waals surface area contributed by atoms with Gasteiger partial charge in [0, 0.05) is 13.5 Å². The molecule has 1 unspecified atom stereocenters. The Morgan fingerprint density at radius 2 is 2.05 bits per heavy atom. The summed E-state index contributed by atoms with van der Waals surface area (Å²) in [7, 11) is 1.57. The Morgan fingerprint density at radius 3 is 2.68 bits per heavy atom. The van der Waals surface area contributed by atoms with Crippen molar-refractivity contribution in [2.24, 2.45) is 18.9 Å². The van der Waals surface area contributed by atoms with E-state index >= 15 is 0 Å². The summed E-state index contributed by atoms with van der Waals surface area (Å²) in [6.45, 7) is 2.10. The number of aryl methyl sites for hydroxylation is 1. The standard InChI is InChI=1S/C16H20N4O2/c1-11(12-8-9-12)10-14(21)17-15-18-19(2)16(22)20(15)13-6-4-3-5-7-13/h3-7,11-12H,8-10H2,1-2H3,(H,17,18,21). The fourth-order valence-corrected chi connectivity index (χ4v) is 2.66. The number of amides is 1. The molecule has 1 aromatic carbocycles. The van der Waals surface area contributed by atoms with E-state index in [1.54, 1.807) is 7.05 Å². The van der Waals surface area contributed by atoms with Crippen molar-refractivity contribution in [1.29, 1.82) is 0 Å². The summed E-state index contributed by atoms with van der Waals surface area (Å²) in [5.74, 6) is 1.22. The zero-order valence-corrected chi connectivity index (χ0v) is 12.8. The summed E-state index contributed by atoms with van der Waals surface area (Å²) in [5, 5.41) is 6.91. The van der Waals surface area contributed by atoms with Gasteiger partial charge in [-0.3, -0.25) is 10.1 Å². The molecule has 0 radical (unpaired) electrons. The zero-order chi connectivity index (χ0) is 15.7. The molecule has 1 atom stereocenters. The normalized spacial score (nSPS) is 15.5. The molecule has 2 aromatic rings. The lowest BCUT2D eigenvalue weighted by molar-refractivity contribution is -0.117. The van der Waals surface area contributed by atoms with Gasteiger partial charge in [0.15, 0.2) is 0 Å². The first-order valence-electron chi connectivity index (χ1n) is 7.57. The molecular weight excluding hydrogens is 280 g/mol. The average molecular weight is 300 g/mol. The van der Waals surface area contributed by atoms with Crippen LogP contribution in [0.2, 0.25) is 0 Å². The molecule has 1 amide bonds. The molecule has 0 bridgehead atoms. The Kier molecular flexibility index (Phi) is 3.83. The molecule has 3 rings (SSSR count). The summed E-state index contributed by atoms with van der Waals surface area (Å²) >= 11 is 0. The molecule has 6 heteroatoms. The highest BCUT2D eigenvalue weighted by atomic mass is 16.2. The highest BCUT2D eigenvalue weighted by molar-refractivity contribution is 5.89. The highest BCUT2D eigenvalue weighted by Crippen LogP contribution is 2.38. The van der Waals surface area contributed by atoms with Crippen molar-refractivity contribution in [3.05, 3.63) is 40.8 Å². The van der Waals surface area contributed by atoms with Gasteiger partial charge in [0.05, 0.1) is 5.69 Å². The fraction of sp³-hybridized carbons (Fsp3) is 0.438. The van der Waals surface area contributed by atoms with Crippen LogP contribution >= 0.6 is 0 Å². The molecule has 116 valence electrons. The first kappa shape index (κ1) is 14.6. The van der Waals surface area contributed by atoms with Crippen molar-refractivity contribution in [2.45, 2.75) is 26.2 Å². The van der Waals surface area contributed by atoms with Crippen molar-refractivity contribution in [3.8, 4) is 5.69 Å². The number of aromatic nitrogens is 3. The van der Waals surface area contributed by atoms with Gasteiger partial charge in [0.1, 0.15) is 0 Å². The molecule has 0 spiro atoms. The number of anilines is 1. The average Bonchev–Trinajstić information content (AvgIpc) is 3.29. The second-order valence-corrected chi connectivity index (χ2v) is 5.97. The van der Waals surface area contributed by atoms with Crippen molar-refractivity contribution >= 4 is 11.9 Å². The van der Waals surface area contributed by atoms with E-state index < -0.39 is 0 Å². The van der Waals surface area contributed by atoms with Crippen LogP contribution in [0.5, 0.6) is 0 Å². The first-order valence-corrected chi connectivity index (χ1v) is 7.57. The number of carbonyl (C=O) groups excluding carboxylic acids is 1. The van der Waals surface area contributed by atoms with Crippen LogP contribution in [0.25, 0.3) is 5.69 Å². The van der Waals surface area contributed by atoms with Gasteiger partial charge >= 0.3 is 5.69 Å². The lowest BCUT2D eigenvalue weighted by Gasteiger charge is -2.10. The molecule has 1 saturated carbocycles. The molecule has 1 N–H and O–H groups in total. The maximum absolute atomic E-state index is 12.2. The predicted octanol–water partition coefficient (Wildman–Crippen LogP) is 1.95. The third kappa shape index (κ3) is 2.95. The van der Waals surface area contributed by atoms with E-state index in [1.807, 2.05) is 30.3 Å². The Hall–Kier alpha value is -2.37.